The fraction of sp³-hybridized carbons (Fsp3) is 0.609. The summed E-state index contributed by atoms with van der Waals surface area (Å²) in [6.07, 6.45) is 8.61. The number of carbonyl (C=O) groups excluding carboxylic acids is 1. The molecular formula is C23H33N3O2. The summed E-state index contributed by atoms with van der Waals surface area (Å²) in [4.78, 5) is 18.2. The molecule has 2 saturated heterocycles. The van der Waals surface area contributed by atoms with Gasteiger partial charge in [-0.1, -0.05) is 6.42 Å². The molecule has 2 fully saturated rings. The summed E-state index contributed by atoms with van der Waals surface area (Å²) in [6.45, 7) is 4.46. The quantitative estimate of drug-likeness (QED) is 0.781. The summed E-state index contributed by atoms with van der Waals surface area (Å²) >= 11 is 0. The summed E-state index contributed by atoms with van der Waals surface area (Å²) in [5.41, 5.74) is 1.86. The Balaban J connectivity index is 1.51. The zero-order chi connectivity index (χ0) is 19.5. The summed E-state index contributed by atoms with van der Waals surface area (Å²) < 4.78 is 7.38. The number of methoxy groups -OCH3 is 1. The third kappa shape index (κ3) is 3.90. The highest BCUT2D eigenvalue weighted by molar-refractivity contribution is 5.99. The number of likely N-dealkylation sites (tertiary alicyclic amines) is 2. The largest absolute Gasteiger partial charge is 0.497 e. The van der Waals surface area contributed by atoms with Gasteiger partial charge in [-0.25, -0.2) is 0 Å². The number of aromatic nitrogens is 1. The van der Waals surface area contributed by atoms with Gasteiger partial charge in [0.2, 0.25) is 0 Å². The van der Waals surface area contributed by atoms with Crippen LogP contribution in [0.2, 0.25) is 0 Å². The SMILES string of the molecule is COc1ccc2c(c1)cc(C(=O)N1CCCCC1CCN1CCCCC1)n2C. The topological polar surface area (TPSA) is 37.7 Å². The molecule has 5 nitrogen and oxygen atoms in total. The van der Waals surface area contributed by atoms with Crippen molar-refractivity contribution >= 4 is 16.8 Å². The number of rotatable bonds is 5. The van der Waals surface area contributed by atoms with E-state index >= 15 is 0 Å². The molecule has 1 unspecified atom stereocenters. The lowest BCUT2D eigenvalue weighted by Crippen LogP contribution is -2.46. The van der Waals surface area contributed by atoms with Crippen LogP contribution in [-0.4, -0.2) is 59.6 Å². The van der Waals surface area contributed by atoms with E-state index in [1.54, 1.807) is 7.11 Å². The third-order valence-electron chi connectivity index (χ3n) is 6.58. The number of benzene rings is 1. The number of fused-ring (bicyclic) bond motifs is 1. The highest BCUT2D eigenvalue weighted by Crippen LogP contribution is 2.27. The van der Waals surface area contributed by atoms with E-state index < -0.39 is 0 Å². The lowest BCUT2D eigenvalue weighted by molar-refractivity contribution is 0.0570. The van der Waals surface area contributed by atoms with Gasteiger partial charge in [0.25, 0.3) is 5.91 Å². The number of hydrogen-bond donors (Lipinski definition) is 0. The summed E-state index contributed by atoms with van der Waals surface area (Å²) in [5.74, 6) is 1.01. The van der Waals surface area contributed by atoms with Gasteiger partial charge in [0.15, 0.2) is 0 Å². The molecule has 0 bridgehead atoms. The molecule has 1 aromatic carbocycles. The Morgan fingerprint density at radius 3 is 2.64 bits per heavy atom. The van der Waals surface area contributed by atoms with Gasteiger partial charge in [-0.3, -0.25) is 4.79 Å². The summed E-state index contributed by atoms with van der Waals surface area (Å²) in [5, 5.41) is 1.06. The van der Waals surface area contributed by atoms with E-state index in [1.165, 1.54) is 38.8 Å². The first kappa shape index (κ1) is 19.3. The number of carbonyl (C=O) groups is 1. The molecule has 3 heterocycles. The van der Waals surface area contributed by atoms with Crippen LogP contribution < -0.4 is 4.74 Å². The Morgan fingerprint density at radius 1 is 1.07 bits per heavy atom. The lowest BCUT2D eigenvalue weighted by atomic mass is 9.98. The van der Waals surface area contributed by atoms with E-state index in [0.29, 0.717) is 6.04 Å². The molecule has 0 spiro atoms. The second-order valence-electron chi connectivity index (χ2n) is 8.35. The maximum absolute atomic E-state index is 13.5. The van der Waals surface area contributed by atoms with Gasteiger partial charge in [0.05, 0.1) is 7.11 Å². The van der Waals surface area contributed by atoms with Crippen molar-refractivity contribution in [2.24, 2.45) is 7.05 Å². The average Bonchev–Trinajstić information content (AvgIpc) is 3.08. The Bertz CT molecular complexity index is 823. The van der Waals surface area contributed by atoms with Gasteiger partial charge in [-0.2, -0.15) is 0 Å². The number of aryl methyl sites for hydroxylation is 1. The second-order valence-corrected chi connectivity index (χ2v) is 8.35. The number of ether oxygens (including phenoxy) is 1. The van der Waals surface area contributed by atoms with Crippen molar-refractivity contribution in [3.63, 3.8) is 0 Å². The number of hydrogen-bond acceptors (Lipinski definition) is 3. The van der Waals surface area contributed by atoms with Gasteiger partial charge in [-0.15, -0.1) is 0 Å². The first-order chi connectivity index (χ1) is 13.7. The lowest BCUT2D eigenvalue weighted by Gasteiger charge is -2.37. The van der Waals surface area contributed by atoms with E-state index in [-0.39, 0.29) is 5.91 Å². The molecule has 2 aliphatic heterocycles. The van der Waals surface area contributed by atoms with Crippen molar-refractivity contribution in [3.05, 3.63) is 30.0 Å². The third-order valence-corrected chi connectivity index (χ3v) is 6.58. The predicted octanol–water partition coefficient (Wildman–Crippen LogP) is 4.06. The van der Waals surface area contributed by atoms with Crippen LogP contribution in [-0.2, 0) is 7.05 Å². The highest BCUT2D eigenvalue weighted by atomic mass is 16.5. The summed E-state index contributed by atoms with van der Waals surface area (Å²) in [7, 11) is 3.67. The van der Waals surface area contributed by atoms with Crippen LogP contribution in [0.3, 0.4) is 0 Å². The van der Waals surface area contributed by atoms with Gasteiger partial charge < -0.3 is 19.1 Å². The van der Waals surface area contributed by atoms with Crippen molar-refractivity contribution in [1.29, 1.82) is 0 Å². The molecule has 28 heavy (non-hydrogen) atoms. The number of amides is 1. The van der Waals surface area contributed by atoms with Gasteiger partial charge in [0, 0.05) is 37.1 Å². The van der Waals surface area contributed by atoms with Crippen molar-refractivity contribution in [3.8, 4) is 5.75 Å². The van der Waals surface area contributed by atoms with Crippen LogP contribution in [0.5, 0.6) is 5.75 Å². The van der Waals surface area contributed by atoms with Crippen LogP contribution >= 0.6 is 0 Å². The van der Waals surface area contributed by atoms with Gasteiger partial charge in [-0.05, 0) is 75.9 Å². The van der Waals surface area contributed by atoms with E-state index in [2.05, 4.69) is 9.80 Å². The molecule has 152 valence electrons. The average molecular weight is 384 g/mol. The molecule has 1 amide bonds. The minimum Gasteiger partial charge on any atom is -0.497 e. The molecule has 1 aromatic heterocycles. The molecule has 0 radical (unpaired) electrons. The zero-order valence-electron chi connectivity index (χ0n) is 17.3. The van der Waals surface area contributed by atoms with E-state index in [4.69, 9.17) is 4.74 Å². The second kappa shape index (κ2) is 8.56. The molecule has 0 N–H and O–H groups in total. The van der Waals surface area contributed by atoms with E-state index in [0.717, 1.165) is 54.7 Å². The van der Waals surface area contributed by atoms with Crippen LogP contribution in [0.25, 0.3) is 10.9 Å². The minimum atomic E-state index is 0.181. The Hall–Kier alpha value is -2.01. The molecule has 2 aromatic rings. The van der Waals surface area contributed by atoms with Gasteiger partial charge >= 0.3 is 0 Å². The maximum atomic E-state index is 13.5. The highest BCUT2D eigenvalue weighted by Gasteiger charge is 2.29. The smallest absolute Gasteiger partial charge is 0.270 e. The molecule has 1 atom stereocenters. The van der Waals surface area contributed by atoms with Crippen molar-refractivity contribution in [2.75, 3.05) is 33.3 Å². The monoisotopic (exact) mass is 383 g/mol. The Labute approximate surface area is 168 Å². The van der Waals surface area contributed by atoms with Gasteiger partial charge in [0.1, 0.15) is 11.4 Å². The standard InChI is InChI=1S/C23H33N3O2/c1-24-21-10-9-20(28-2)16-18(21)17-22(24)23(27)26-14-7-4-8-19(26)11-15-25-12-5-3-6-13-25/h9-10,16-17,19H,3-8,11-15H2,1-2H3. The fourth-order valence-electron chi connectivity index (χ4n) is 4.89. The van der Waals surface area contributed by atoms with Crippen molar-refractivity contribution in [2.45, 2.75) is 51.0 Å². The molecule has 5 heteroatoms. The Kier molecular flexibility index (Phi) is 5.90. The molecule has 0 aliphatic carbocycles. The first-order valence-electron chi connectivity index (χ1n) is 10.8. The van der Waals surface area contributed by atoms with E-state index in [9.17, 15) is 4.79 Å². The van der Waals surface area contributed by atoms with Crippen LogP contribution in [0.4, 0.5) is 0 Å². The number of piperidine rings is 2. The molecular weight excluding hydrogens is 350 g/mol. The maximum Gasteiger partial charge on any atom is 0.270 e. The van der Waals surface area contributed by atoms with E-state index in [1.807, 2.05) is 35.9 Å². The van der Waals surface area contributed by atoms with Crippen LogP contribution in [0, 0.1) is 0 Å². The fourth-order valence-corrected chi connectivity index (χ4v) is 4.89. The molecule has 2 aliphatic rings. The molecule has 0 saturated carbocycles. The normalized spacial score (nSPS) is 21.2. The zero-order valence-corrected chi connectivity index (χ0v) is 17.3. The Morgan fingerprint density at radius 2 is 1.86 bits per heavy atom. The summed E-state index contributed by atoms with van der Waals surface area (Å²) in [6, 6.07) is 8.40. The van der Waals surface area contributed by atoms with Crippen LogP contribution in [0.1, 0.15) is 55.4 Å². The molecule has 4 rings (SSSR count). The van der Waals surface area contributed by atoms with Crippen molar-refractivity contribution in [1.82, 2.24) is 14.4 Å². The van der Waals surface area contributed by atoms with Crippen LogP contribution in [0.15, 0.2) is 24.3 Å². The number of nitrogens with zero attached hydrogens (tertiary/aromatic N) is 3. The first-order valence-corrected chi connectivity index (χ1v) is 10.8. The van der Waals surface area contributed by atoms with Crippen molar-refractivity contribution < 1.29 is 9.53 Å². The predicted molar refractivity (Wildman–Crippen MR) is 113 cm³/mol. The minimum absolute atomic E-state index is 0.181.